The van der Waals surface area contributed by atoms with Crippen molar-refractivity contribution in [2.45, 2.75) is 66.0 Å². The molecule has 0 aliphatic carbocycles. The molecule has 12 heteroatoms. The zero-order valence-electron chi connectivity index (χ0n) is 27.2. The van der Waals surface area contributed by atoms with Gasteiger partial charge in [0.1, 0.15) is 23.0 Å². The number of aromatic carboxylic acids is 1. The molecule has 0 bridgehead atoms. The summed E-state index contributed by atoms with van der Waals surface area (Å²) in [5.74, 6) is -1.05. The third-order valence-electron chi connectivity index (χ3n) is 9.07. The van der Waals surface area contributed by atoms with Crippen molar-refractivity contribution >= 4 is 34.2 Å². The normalized spacial score (nSPS) is 14.9. The molecule has 0 amide bonds. The second-order valence-corrected chi connectivity index (χ2v) is 12.3. The highest BCUT2D eigenvalue weighted by molar-refractivity contribution is 5.98. The number of pyridine rings is 1. The standard InChI is InChI=1S/C35H43FN6O5/c1-4-24-17-26(11-9-22(24)3)38-29-19-30(43)42(35(47)39-29)15-8-6-7-14-40-16-13-23(21-40)20-37-33-31(34(45)46)32(44)27-18-25(36)10-12-28(27)41(33)5-2/h9-12,17-19,23,37-38H,4-8,13-16,20-21H2,1-3H3,(H,39,47)(H,45,46). The minimum absolute atomic E-state index is 0.0499. The van der Waals surface area contributed by atoms with Crippen LogP contribution < -0.4 is 27.3 Å². The highest BCUT2D eigenvalue weighted by Crippen LogP contribution is 2.24. The van der Waals surface area contributed by atoms with Crippen LogP contribution in [0, 0.1) is 18.7 Å². The van der Waals surface area contributed by atoms with Gasteiger partial charge in [-0.05, 0) is 100.0 Å². The van der Waals surface area contributed by atoms with E-state index in [1.165, 1.54) is 33.9 Å². The maximum absolute atomic E-state index is 13.9. The number of unbranched alkanes of at least 4 members (excludes halogenated alkanes) is 2. The zero-order valence-corrected chi connectivity index (χ0v) is 27.2. The molecule has 4 N–H and O–H groups in total. The van der Waals surface area contributed by atoms with Crippen molar-refractivity contribution in [3.8, 4) is 0 Å². The maximum atomic E-state index is 13.9. The number of rotatable bonds is 14. The van der Waals surface area contributed by atoms with Crippen LogP contribution in [0.4, 0.5) is 21.7 Å². The van der Waals surface area contributed by atoms with Gasteiger partial charge in [0.2, 0.25) is 5.43 Å². The average Bonchev–Trinajstić information content (AvgIpc) is 3.49. The molecular formula is C35H43FN6O5. The van der Waals surface area contributed by atoms with Crippen LogP contribution in [0.5, 0.6) is 0 Å². The summed E-state index contributed by atoms with van der Waals surface area (Å²) < 4.78 is 16.8. The highest BCUT2D eigenvalue weighted by atomic mass is 19.1. The van der Waals surface area contributed by atoms with Gasteiger partial charge in [0, 0.05) is 43.3 Å². The summed E-state index contributed by atoms with van der Waals surface area (Å²) in [6.07, 6.45) is 4.30. The lowest BCUT2D eigenvalue weighted by atomic mass is 10.1. The van der Waals surface area contributed by atoms with Gasteiger partial charge in [-0.3, -0.25) is 19.1 Å². The Bertz CT molecular complexity index is 1920. The molecule has 11 nitrogen and oxygen atoms in total. The van der Waals surface area contributed by atoms with Crippen molar-refractivity contribution in [1.29, 1.82) is 0 Å². The Hall–Kier alpha value is -4.71. The van der Waals surface area contributed by atoms with E-state index in [0.29, 0.717) is 37.4 Å². The summed E-state index contributed by atoms with van der Waals surface area (Å²) in [5.41, 5.74) is 1.86. The maximum Gasteiger partial charge on any atom is 0.343 e. The van der Waals surface area contributed by atoms with E-state index >= 15 is 0 Å². The molecule has 0 radical (unpaired) electrons. The Labute approximate surface area is 272 Å². The predicted octanol–water partition coefficient (Wildman–Crippen LogP) is 4.93. The molecule has 1 aliphatic rings. The topological polar surface area (TPSA) is 141 Å². The van der Waals surface area contributed by atoms with Gasteiger partial charge in [0.25, 0.3) is 5.56 Å². The third kappa shape index (κ3) is 7.65. The number of anilines is 3. The first-order chi connectivity index (χ1) is 22.6. The molecule has 2 aromatic carbocycles. The second kappa shape index (κ2) is 14.8. The lowest BCUT2D eigenvalue weighted by Crippen LogP contribution is -2.35. The predicted molar refractivity (Wildman–Crippen MR) is 183 cm³/mol. The summed E-state index contributed by atoms with van der Waals surface area (Å²) in [4.78, 5) is 55.7. The van der Waals surface area contributed by atoms with Crippen molar-refractivity contribution in [1.82, 2.24) is 19.0 Å². The third-order valence-corrected chi connectivity index (χ3v) is 9.07. The molecule has 1 saturated heterocycles. The van der Waals surface area contributed by atoms with E-state index in [1.807, 2.05) is 25.1 Å². The van der Waals surface area contributed by atoms with Crippen molar-refractivity contribution in [3.05, 3.63) is 96.0 Å². The van der Waals surface area contributed by atoms with Gasteiger partial charge in [-0.25, -0.2) is 14.0 Å². The first kappa shape index (κ1) is 33.6. The van der Waals surface area contributed by atoms with Crippen LogP contribution >= 0.6 is 0 Å². The highest BCUT2D eigenvalue weighted by Gasteiger charge is 2.25. The van der Waals surface area contributed by atoms with Gasteiger partial charge < -0.3 is 25.2 Å². The van der Waals surface area contributed by atoms with E-state index in [9.17, 15) is 28.7 Å². The van der Waals surface area contributed by atoms with E-state index in [2.05, 4.69) is 34.4 Å². The molecule has 1 unspecified atom stereocenters. The van der Waals surface area contributed by atoms with Crippen molar-refractivity contribution in [2.24, 2.45) is 5.92 Å². The number of aryl methyl sites for hydroxylation is 3. The van der Waals surface area contributed by atoms with E-state index in [0.717, 1.165) is 57.1 Å². The number of nitrogens with one attached hydrogen (secondary N) is 3. The summed E-state index contributed by atoms with van der Waals surface area (Å²) in [6.45, 7) is 9.87. The largest absolute Gasteiger partial charge is 0.477 e. The van der Waals surface area contributed by atoms with Crippen molar-refractivity contribution in [2.75, 3.05) is 36.8 Å². The molecule has 2 aromatic heterocycles. The SMILES string of the molecule is CCc1cc(Nc2cc(=O)n(CCCCCN3CCC(CNc4c(C(=O)O)c(=O)c5cc(F)ccc5n4CC)C3)c(=O)[nH]2)ccc1C. The number of aromatic nitrogens is 3. The Kier molecular flexibility index (Phi) is 10.6. The van der Waals surface area contributed by atoms with Crippen LogP contribution in [0.25, 0.3) is 10.9 Å². The minimum atomic E-state index is -1.34. The average molecular weight is 647 g/mol. The number of carboxylic acid groups (broad SMARTS) is 1. The molecule has 5 rings (SSSR count). The number of nitrogens with zero attached hydrogens (tertiary/aromatic N) is 3. The molecule has 47 heavy (non-hydrogen) atoms. The summed E-state index contributed by atoms with van der Waals surface area (Å²) in [6, 6.07) is 11.2. The fourth-order valence-corrected chi connectivity index (χ4v) is 6.52. The number of carbonyl (C=O) groups is 1. The first-order valence-electron chi connectivity index (χ1n) is 16.4. The van der Waals surface area contributed by atoms with Gasteiger partial charge in [0.15, 0.2) is 0 Å². The summed E-state index contributed by atoms with van der Waals surface area (Å²) in [5, 5.41) is 16.3. The molecule has 1 fully saturated rings. The molecule has 4 aromatic rings. The van der Waals surface area contributed by atoms with Gasteiger partial charge in [-0.15, -0.1) is 0 Å². The number of halogens is 1. The van der Waals surface area contributed by atoms with Crippen LogP contribution in [0.3, 0.4) is 0 Å². The van der Waals surface area contributed by atoms with Gasteiger partial charge >= 0.3 is 11.7 Å². The van der Waals surface area contributed by atoms with Gasteiger partial charge in [0.05, 0.1) is 5.52 Å². The van der Waals surface area contributed by atoms with Crippen molar-refractivity contribution in [3.63, 3.8) is 0 Å². The van der Waals surface area contributed by atoms with Crippen LogP contribution in [0.15, 0.2) is 56.8 Å². The Morgan fingerprint density at radius 3 is 2.53 bits per heavy atom. The minimum Gasteiger partial charge on any atom is -0.477 e. The fraction of sp³-hybridized carbons (Fsp3) is 0.429. The molecule has 0 saturated carbocycles. The lowest BCUT2D eigenvalue weighted by molar-refractivity contribution is 0.0696. The molecule has 1 aliphatic heterocycles. The molecule has 0 spiro atoms. The summed E-state index contributed by atoms with van der Waals surface area (Å²) in [7, 11) is 0. The number of benzene rings is 2. The number of carboxylic acids is 1. The molecule has 250 valence electrons. The molecule has 3 heterocycles. The smallest absolute Gasteiger partial charge is 0.343 e. The number of hydrogen-bond donors (Lipinski definition) is 4. The van der Waals surface area contributed by atoms with E-state index in [-0.39, 0.29) is 28.2 Å². The van der Waals surface area contributed by atoms with Crippen LogP contribution in [-0.4, -0.2) is 56.3 Å². The Morgan fingerprint density at radius 2 is 1.81 bits per heavy atom. The van der Waals surface area contributed by atoms with Crippen LogP contribution in [0.2, 0.25) is 0 Å². The number of fused-ring (bicyclic) bond motifs is 1. The number of aromatic amines is 1. The summed E-state index contributed by atoms with van der Waals surface area (Å²) >= 11 is 0. The van der Waals surface area contributed by atoms with Gasteiger partial charge in [-0.2, -0.15) is 0 Å². The van der Waals surface area contributed by atoms with Crippen molar-refractivity contribution < 1.29 is 14.3 Å². The number of hydrogen-bond acceptors (Lipinski definition) is 7. The van der Waals surface area contributed by atoms with E-state index in [1.54, 1.807) is 4.57 Å². The monoisotopic (exact) mass is 646 g/mol. The number of H-pyrrole nitrogens is 1. The first-order valence-corrected chi connectivity index (χ1v) is 16.4. The Morgan fingerprint density at radius 1 is 1.02 bits per heavy atom. The van der Waals surface area contributed by atoms with Crippen LogP contribution in [0.1, 0.15) is 61.0 Å². The fourth-order valence-electron chi connectivity index (χ4n) is 6.52. The molecule has 1 atom stereocenters. The second-order valence-electron chi connectivity index (χ2n) is 12.3. The Balaban J connectivity index is 1.11. The molecular weight excluding hydrogens is 603 g/mol. The number of likely N-dealkylation sites (tertiary alicyclic amines) is 1. The van der Waals surface area contributed by atoms with E-state index in [4.69, 9.17) is 0 Å². The van der Waals surface area contributed by atoms with Crippen LogP contribution in [-0.2, 0) is 19.5 Å². The van der Waals surface area contributed by atoms with E-state index < -0.39 is 22.9 Å². The quantitative estimate of drug-likeness (QED) is 0.141. The van der Waals surface area contributed by atoms with Gasteiger partial charge in [-0.1, -0.05) is 19.4 Å². The lowest BCUT2D eigenvalue weighted by Gasteiger charge is -2.21. The zero-order chi connectivity index (χ0) is 33.7.